The van der Waals surface area contributed by atoms with Crippen molar-refractivity contribution in [3.63, 3.8) is 0 Å². The van der Waals surface area contributed by atoms with Gasteiger partial charge in [0.05, 0.1) is 18.6 Å². The van der Waals surface area contributed by atoms with Crippen molar-refractivity contribution in [1.29, 1.82) is 0 Å². The molecule has 0 spiro atoms. The number of amides is 2. The van der Waals surface area contributed by atoms with Crippen LogP contribution in [-0.2, 0) is 16.0 Å². The molecule has 2 amide bonds. The summed E-state index contributed by atoms with van der Waals surface area (Å²) in [7, 11) is 0. The Balaban J connectivity index is 1.87. The van der Waals surface area contributed by atoms with E-state index in [-0.39, 0.29) is 30.3 Å². The standard InChI is InChI=1S/C16H22ClN3O2/c1-9(2)15(18)16(22)19-8-14(21)20-13-7-6-10-11(13)4-3-5-12(10)17/h3-5,9,13,15H,6-8,18H2,1-2H3,(H,19,22)(H,20,21)/t13?,15-/m0/s1. The van der Waals surface area contributed by atoms with Crippen molar-refractivity contribution in [2.45, 2.75) is 38.8 Å². The Hall–Kier alpha value is -1.59. The highest BCUT2D eigenvalue weighted by molar-refractivity contribution is 6.31. The van der Waals surface area contributed by atoms with Gasteiger partial charge < -0.3 is 16.4 Å². The van der Waals surface area contributed by atoms with Gasteiger partial charge in [-0.1, -0.05) is 37.6 Å². The van der Waals surface area contributed by atoms with Crippen LogP contribution >= 0.6 is 11.6 Å². The number of halogens is 1. The van der Waals surface area contributed by atoms with E-state index in [4.69, 9.17) is 17.3 Å². The predicted molar refractivity (Wildman–Crippen MR) is 86.5 cm³/mol. The average Bonchev–Trinajstić information content (AvgIpc) is 2.88. The van der Waals surface area contributed by atoms with Crippen molar-refractivity contribution in [2.24, 2.45) is 11.7 Å². The van der Waals surface area contributed by atoms with Gasteiger partial charge in [-0.15, -0.1) is 0 Å². The lowest BCUT2D eigenvalue weighted by atomic mass is 10.1. The molecule has 5 nitrogen and oxygen atoms in total. The number of carbonyl (C=O) groups is 2. The molecule has 4 N–H and O–H groups in total. The van der Waals surface area contributed by atoms with Crippen LogP contribution in [0.1, 0.15) is 37.4 Å². The fourth-order valence-corrected chi connectivity index (χ4v) is 2.87. The van der Waals surface area contributed by atoms with E-state index < -0.39 is 6.04 Å². The van der Waals surface area contributed by atoms with Crippen molar-refractivity contribution < 1.29 is 9.59 Å². The highest BCUT2D eigenvalue weighted by atomic mass is 35.5. The van der Waals surface area contributed by atoms with E-state index in [1.807, 2.05) is 32.0 Å². The zero-order valence-electron chi connectivity index (χ0n) is 12.9. The molecule has 0 fully saturated rings. The fourth-order valence-electron chi connectivity index (χ4n) is 2.59. The minimum Gasteiger partial charge on any atom is -0.348 e. The molecule has 0 heterocycles. The van der Waals surface area contributed by atoms with E-state index in [0.717, 1.165) is 29.0 Å². The summed E-state index contributed by atoms with van der Waals surface area (Å²) >= 11 is 6.16. The first kappa shape index (κ1) is 16.8. The molecule has 0 radical (unpaired) electrons. The van der Waals surface area contributed by atoms with Crippen molar-refractivity contribution in [3.8, 4) is 0 Å². The molecule has 0 bridgehead atoms. The number of hydrogen-bond donors (Lipinski definition) is 3. The lowest BCUT2D eigenvalue weighted by Gasteiger charge is -2.17. The van der Waals surface area contributed by atoms with Crippen LogP contribution in [-0.4, -0.2) is 24.4 Å². The zero-order valence-corrected chi connectivity index (χ0v) is 13.6. The lowest BCUT2D eigenvalue weighted by Crippen LogP contribution is -2.47. The molecule has 1 aromatic rings. The number of fused-ring (bicyclic) bond motifs is 1. The first-order valence-corrected chi connectivity index (χ1v) is 7.88. The van der Waals surface area contributed by atoms with Gasteiger partial charge in [0.15, 0.2) is 0 Å². The highest BCUT2D eigenvalue weighted by Gasteiger charge is 2.25. The molecule has 1 aromatic carbocycles. The summed E-state index contributed by atoms with van der Waals surface area (Å²) in [5.41, 5.74) is 7.89. The van der Waals surface area contributed by atoms with Gasteiger partial charge >= 0.3 is 0 Å². The third kappa shape index (κ3) is 3.78. The monoisotopic (exact) mass is 323 g/mol. The SMILES string of the molecule is CC(C)[C@H](N)C(=O)NCC(=O)NC1CCc2c(Cl)cccc21. The van der Waals surface area contributed by atoms with Gasteiger partial charge in [-0.2, -0.15) is 0 Å². The molecule has 1 aliphatic rings. The predicted octanol–water partition coefficient (Wildman–Crippen LogP) is 1.54. The lowest BCUT2D eigenvalue weighted by molar-refractivity contribution is -0.127. The summed E-state index contributed by atoms with van der Waals surface area (Å²) in [6.45, 7) is 3.67. The Bertz CT molecular complexity index is 575. The van der Waals surface area contributed by atoms with E-state index in [1.165, 1.54) is 0 Å². The number of benzene rings is 1. The number of nitrogens with two attached hydrogens (primary N) is 1. The van der Waals surface area contributed by atoms with Gasteiger partial charge in [-0.05, 0) is 36.0 Å². The molecule has 22 heavy (non-hydrogen) atoms. The normalized spacial score (nSPS) is 18.0. The van der Waals surface area contributed by atoms with Gasteiger partial charge in [0.1, 0.15) is 0 Å². The summed E-state index contributed by atoms with van der Waals surface area (Å²) < 4.78 is 0. The Kier molecular flexibility index (Phi) is 5.42. The Morgan fingerprint density at radius 2 is 2.14 bits per heavy atom. The largest absolute Gasteiger partial charge is 0.348 e. The molecule has 0 saturated carbocycles. The third-order valence-corrected chi connectivity index (χ3v) is 4.35. The summed E-state index contributed by atoms with van der Waals surface area (Å²) in [5.74, 6) is -0.492. The molecule has 0 saturated heterocycles. The van der Waals surface area contributed by atoms with Crippen LogP contribution in [0.4, 0.5) is 0 Å². The molecular weight excluding hydrogens is 302 g/mol. The van der Waals surface area contributed by atoms with Crippen LogP contribution in [0, 0.1) is 5.92 Å². The van der Waals surface area contributed by atoms with Crippen molar-refractivity contribution in [2.75, 3.05) is 6.54 Å². The highest BCUT2D eigenvalue weighted by Crippen LogP contribution is 2.35. The maximum Gasteiger partial charge on any atom is 0.239 e. The molecule has 2 rings (SSSR count). The Morgan fingerprint density at radius 3 is 2.82 bits per heavy atom. The summed E-state index contributed by atoms with van der Waals surface area (Å²) in [6.07, 6.45) is 1.68. The van der Waals surface area contributed by atoms with Gasteiger partial charge in [0.25, 0.3) is 0 Å². The second-order valence-electron chi connectivity index (χ2n) is 5.95. The average molecular weight is 324 g/mol. The quantitative estimate of drug-likeness (QED) is 0.768. The summed E-state index contributed by atoms with van der Waals surface area (Å²) in [4.78, 5) is 23.7. The maximum atomic E-state index is 12.0. The second-order valence-corrected chi connectivity index (χ2v) is 6.36. The van der Waals surface area contributed by atoms with Crippen LogP contribution in [0.25, 0.3) is 0 Å². The zero-order chi connectivity index (χ0) is 16.3. The van der Waals surface area contributed by atoms with E-state index in [1.54, 1.807) is 0 Å². The smallest absolute Gasteiger partial charge is 0.239 e. The minimum absolute atomic E-state index is 0.0342. The first-order valence-electron chi connectivity index (χ1n) is 7.50. The fraction of sp³-hybridized carbons (Fsp3) is 0.500. The van der Waals surface area contributed by atoms with E-state index >= 15 is 0 Å². The third-order valence-electron chi connectivity index (χ3n) is 3.99. The molecule has 6 heteroatoms. The van der Waals surface area contributed by atoms with Crippen LogP contribution in [0.2, 0.25) is 5.02 Å². The molecule has 2 atom stereocenters. The molecule has 1 aliphatic carbocycles. The van der Waals surface area contributed by atoms with Gasteiger partial charge in [0.2, 0.25) is 11.8 Å². The Morgan fingerprint density at radius 1 is 1.41 bits per heavy atom. The van der Waals surface area contributed by atoms with E-state index in [0.29, 0.717) is 0 Å². The van der Waals surface area contributed by atoms with Crippen LogP contribution in [0.15, 0.2) is 18.2 Å². The van der Waals surface area contributed by atoms with E-state index in [2.05, 4.69) is 10.6 Å². The van der Waals surface area contributed by atoms with E-state index in [9.17, 15) is 9.59 Å². The summed E-state index contributed by atoms with van der Waals surface area (Å²) in [6, 6.07) is 5.08. The molecular formula is C16H22ClN3O2. The first-order chi connectivity index (χ1) is 10.4. The van der Waals surface area contributed by atoms with Crippen molar-refractivity contribution in [1.82, 2.24) is 10.6 Å². The minimum atomic E-state index is -0.598. The summed E-state index contributed by atoms with van der Waals surface area (Å²) in [5, 5.41) is 6.24. The second kappa shape index (κ2) is 7.11. The van der Waals surface area contributed by atoms with Crippen molar-refractivity contribution in [3.05, 3.63) is 34.3 Å². The number of rotatable bonds is 5. The Labute approximate surface area is 135 Å². The van der Waals surface area contributed by atoms with Crippen LogP contribution in [0.5, 0.6) is 0 Å². The number of hydrogen-bond acceptors (Lipinski definition) is 3. The van der Waals surface area contributed by atoms with Crippen LogP contribution < -0.4 is 16.4 Å². The molecule has 0 aliphatic heterocycles. The van der Waals surface area contributed by atoms with Crippen molar-refractivity contribution >= 4 is 23.4 Å². The number of nitrogens with one attached hydrogen (secondary N) is 2. The number of carbonyl (C=O) groups excluding carboxylic acids is 2. The molecule has 120 valence electrons. The van der Waals surface area contributed by atoms with Gasteiger partial charge in [0, 0.05) is 5.02 Å². The van der Waals surface area contributed by atoms with Crippen LogP contribution in [0.3, 0.4) is 0 Å². The van der Waals surface area contributed by atoms with Gasteiger partial charge in [-0.3, -0.25) is 9.59 Å². The molecule has 1 unspecified atom stereocenters. The van der Waals surface area contributed by atoms with Gasteiger partial charge in [-0.25, -0.2) is 0 Å². The maximum absolute atomic E-state index is 12.0. The topological polar surface area (TPSA) is 84.2 Å². The molecule has 0 aromatic heterocycles.